The molecule has 8 nitrogen and oxygen atoms in total. The highest BCUT2D eigenvalue weighted by Crippen LogP contribution is 2.26. The van der Waals surface area contributed by atoms with Gasteiger partial charge in [0.2, 0.25) is 15.9 Å². The summed E-state index contributed by atoms with van der Waals surface area (Å²) in [5.74, 6) is -0.236. The number of carbonyl (C=O) groups excluding carboxylic acids is 2. The molecule has 33 heavy (non-hydrogen) atoms. The van der Waals surface area contributed by atoms with Gasteiger partial charge in [0.25, 0.3) is 0 Å². The molecule has 2 saturated heterocycles. The number of nitrogens with zero attached hydrogens (tertiary/aromatic N) is 3. The molecule has 0 spiro atoms. The lowest BCUT2D eigenvalue weighted by Crippen LogP contribution is -2.51. The third kappa shape index (κ3) is 5.20. The van der Waals surface area contributed by atoms with Gasteiger partial charge in [0, 0.05) is 26.2 Å². The summed E-state index contributed by atoms with van der Waals surface area (Å²) in [5, 5.41) is 0. The monoisotopic (exact) mass is 471 g/mol. The summed E-state index contributed by atoms with van der Waals surface area (Å²) in [6.07, 6.45) is 1.71. The number of hydrogen-bond acceptors (Lipinski definition) is 5. The van der Waals surface area contributed by atoms with Crippen LogP contribution in [0.2, 0.25) is 0 Å². The number of rotatable bonds is 7. The molecule has 0 N–H and O–H groups in total. The van der Waals surface area contributed by atoms with Crippen LogP contribution in [0.3, 0.4) is 0 Å². The van der Waals surface area contributed by atoms with Crippen molar-refractivity contribution < 1.29 is 22.7 Å². The van der Waals surface area contributed by atoms with E-state index < -0.39 is 10.0 Å². The maximum atomic E-state index is 12.8. The Bertz CT molecular complexity index is 1070. The Balaban J connectivity index is 1.33. The van der Waals surface area contributed by atoms with Crippen LogP contribution in [0.25, 0.3) is 0 Å². The zero-order chi connectivity index (χ0) is 23.4. The number of carbonyl (C=O) groups is 2. The smallest absolute Gasteiger partial charge is 0.410 e. The summed E-state index contributed by atoms with van der Waals surface area (Å²) in [7, 11) is -2.31. The molecule has 9 heteroatoms. The van der Waals surface area contributed by atoms with Crippen LogP contribution in [0.5, 0.6) is 0 Å². The normalized spacial score (nSPS) is 19.7. The fourth-order valence-corrected chi connectivity index (χ4v) is 5.64. The average Bonchev–Trinajstić information content (AvgIpc) is 3.20. The molecule has 2 amide bonds. The lowest BCUT2D eigenvalue weighted by atomic mass is 9.99. The Morgan fingerprint density at radius 1 is 1.03 bits per heavy atom. The van der Waals surface area contributed by atoms with Gasteiger partial charge in [-0.25, -0.2) is 13.2 Å². The van der Waals surface area contributed by atoms with Gasteiger partial charge in [0.05, 0.1) is 17.5 Å². The number of sulfonamides is 1. The van der Waals surface area contributed by atoms with Gasteiger partial charge < -0.3 is 9.64 Å². The number of ether oxygens (including phenoxy) is 1. The third-order valence-electron chi connectivity index (χ3n) is 6.34. The Hall–Kier alpha value is -2.91. The highest BCUT2D eigenvalue weighted by Gasteiger charge is 2.40. The Morgan fingerprint density at radius 3 is 2.27 bits per heavy atom. The zero-order valence-corrected chi connectivity index (χ0v) is 19.5. The zero-order valence-electron chi connectivity index (χ0n) is 18.7. The predicted molar refractivity (Wildman–Crippen MR) is 123 cm³/mol. The number of likely N-dealkylation sites (N-methyl/N-ethyl adjacent to an activating group) is 1. The van der Waals surface area contributed by atoms with Crippen LogP contribution in [-0.4, -0.2) is 79.9 Å². The highest BCUT2D eigenvalue weighted by atomic mass is 32.2. The molecule has 0 aromatic heterocycles. The first kappa shape index (κ1) is 23.3. The molecule has 1 atom stereocenters. The number of amides is 2. The van der Waals surface area contributed by atoms with Crippen molar-refractivity contribution in [3.8, 4) is 0 Å². The van der Waals surface area contributed by atoms with Gasteiger partial charge in [0.15, 0.2) is 0 Å². The lowest BCUT2D eigenvalue weighted by Gasteiger charge is -2.38. The van der Waals surface area contributed by atoms with E-state index in [4.69, 9.17) is 4.74 Å². The van der Waals surface area contributed by atoms with Crippen molar-refractivity contribution in [3.63, 3.8) is 0 Å². The number of benzene rings is 2. The van der Waals surface area contributed by atoms with E-state index in [1.807, 2.05) is 35.2 Å². The summed E-state index contributed by atoms with van der Waals surface area (Å²) in [5.41, 5.74) is 1.15. The van der Waals surface area contributed by atoms with E-state index in [9.17, 15) is 18.0 Å². The first-order chi connectivity index (χ1) is 15.9. The van der Waals surface area contributed by atoms with E-state index in [2.05, 4.69) is 0 Å². The quantitative estimate of drug-likeness (QED) is 0.619. The van der Waals surface area contributed by atoms with Crippen molar-refractivity contribution in [1.82, 2.24) is 14.1 Å². The molecule has 4 rings (SSSR count). The molecular weight excluding hydrogens is 442 g/mol. The molecule has 0 bridgehead atoms. The summed E-state index contributed by atoms with van der Waals surface area (Å²) in [6.45, 7) is 1.11. The van der Waals surface area contributed by atoms with Crippen LogP contribution in [0, 0.1) is 0 Å². The van der Waals surface area contributed by atoms with E-state index >= 15 is 0 Å². The van der Waals surface area contributed by atoms with Crippen LogP contribution in [0.1, 0.15) is 18.4 Å². The summed E-state index contributed by atoms with van der Waals surface area (Å²) >= 11 is 0. The van der Waals surface area contributed by atoms with Crippen LogP contribution in [0.4, 0.5) is 4.79 Å². The SMILES string of the molecule is CN(CC(=O)N1CCC(N2C(=O)OC[C@H]2Cc2ccccc2)CC1)S(=O)(=O)c1ccccc1. The van der Waals surface area contributed by atoms with Crippen molar-refractivity contribution in [1.29, 1.82) is 0 Å². The van der Waals surface area contributed by atoms with E-state index in [0.717, 1.165) is 16.3 Å². The van der Waals surface area contributed by atoms with Crippen LogP contribution >= 0.6 is 0 Å². The second kappa shape index (κ2) is 9.93. The minimum atomic E-state index is -3.72. The van der Waals surface area contributed by atoms with Gasteiger partial charge in [-0.15, -0.1) is 0 Å². The fraction of sp³-hybridized carbons (Fsp3) is 0.417. The molecule has 2 aliphatic rings. The molecule has 2 heterocycles. The standard InChI is InChI=1S/C24H29N3O5S/c1-25(33(30,31)22-10-6-3-7-11-22)17-23(28)26-14-12-20(13-15-26)27-21(18-32-24(27)29)16-19-8-4-2-5-9-19/h2-11,20-21H,12-18H2,1H3/t21-/m1/s1. The Labute approximate surface area is 194 Å². The number of piperidine rings is 1. The molecule has 0 aliphatic carbocycles. The second-order valence-electron chi connectivity index (χ2n) is 8.51. The summed E-state index contributed by atoms with van der Waals surface area (Å²) in [4.78, 5) is 28.9. The van der Waals surface area contributed by atoms with Crippen molar-refractivity contribution in [2.75, 3.05) is 33.3 Å². The lowest BCUT2D eigenvalue weighted by molar-refractivity contribution is -0.132. The molecule has 0 saturated carbocycles. The topological polar surface area (TPSA) is 87.2 Å². The second-order valence-corrected chi connectivity index (χ2v) is 10.6. The first-order valence-corrected chi connectivity index (χ1v) is 12.6. The van der Waals surface area contributed by atoms with Gasteiger partial charge >= 0.3 is 6.09 Å². The van der Waals surface area contributed by atoms with Crippen LogP contribution < -0.4 is 0 Å². The molecule has 2 aromatic rings. The maximum Gasteiger partial charge on any atom is 0.410 e. The van der Waals surface area contributed by atoms with E-state index in [1.165, 1.54) is 19.2 Å². The van der Waals surface area contributed by atoms with E-state index in [0.29, 0.717) is 32.5 Å². The van der Waals surface area contributed by atoms with Crippen LogP contribution in [-0.2, 0) is 26.0 Å². The minimum absolute atomic E-state index is 0.00328. The van der Waals surface area contributed by atoms with Gasteiger partial charge in [-0.2, -0.15) is 4.31 Å². The molecule has 0 unspecified atom stereocenters. The summed E-state index contributed by atoms with van der Waals surface area (Å²) < 4.78 is 31.8. The van der Waals surface area contributed by atoms with Crippen molar-refractivity contribution in [2.24, 2.45) is 0 Å². The molecule has 2 aromatic carbocycles. The predicted octanol–water partition coefficient (Wildman–Crippen LogP) is 2.36. The van der Waals surface area contributed by atoms with E-state index in [-0.39, 0.29) is 35.5 Å². The number of cyclic esters (lactones) is 1. The van der Waals surface area contributed by atoms with Gasteiger partial charge in [-0.3, -0.25) is 9.69 Å². The molecule has 0 radical (unpaired) electrons. The largest absolute Gasteiger partial charge is 0.447 e. The van der Waals surface area contributed by atoms with Gasteiger partial charge in [0.1, 0.15) is 6.61 Å². The molecule has 2 fully saturated rings. The fourth-order valence-electron chi connectivity index (χ4n) is 4.50. The van der Waals surface area contributed by atoms with Crippen molar-refractivity contribution in [2.45, 2.75) is 36.2 Å². The summed E-state index contributed by atoms with van der Waals surface area (Å²) in [6, 6.07) is 18.1. The van der Waals surface area contributed by atoms with Crippen LogP contribution in [0.15, 0.2) is 65.6 Å². The molecule has 2 aliphatic heterocycles. The minimum Gasteiger partial charge on any atom is -0.447 e. The van der Waals surface area contributed by atoms with E-state index in [1.54, 1.807) is 23.1 Å². The highest BCUT2D eigenvalue weighted by molar-refractivity contribution is 7.89. The Morgan fingerprint density at radius 2 is 1.64 bits per heavy atom. The number of hydrogen-bond donors (Lipinski definition) is 0. The van der Waals surface area contributed by atoms with Crippen molar-refractivity contribution in [3.05, 3.63) is 66.2 Å². The maximum absolute atomic E-state index is 12.8. The Kier molecular flexibility index (Phi) is 6.99. The molecular formula is C24H29N3O5S. The van der Waals surface area contributed by atoms with Gasteiger partial charge in [-0.05, 0) is 37.0 Å². The number of likely N-dealkylation sites (tertiary alicyclic amines) is 1. The average molecular weight is 472 g/mol. The van der Waals surface area contributed by atoms with Gasteiger partial charge in [-0.1, -0.05) is 48.5 Å². The molecule has 176 valence electrons. The first-order valence-electron chi connectivity index (χ1n) is 11.1. The third-order valence-corrected chi connectivity index (χ3v) is 8.16. The van der Waals surface area contributed by atoms with Crippen molar-refractivity contribution >= 4 is 22.0 Å².